The molecule has 2 aromatic heterocycles. The number of aromatic nitrogens is 4. The van der Waals surface area contributed by atoms with Crippen molar-refractivity contribution in [2.24, 2.45) is 5.92 Å². The van der Waals surface area contributed by atoms with Crippen LogP contribution in [0.25, 0.3) is 22.3 Å². The maximum Gasteiger partial charge on any atom is 0.219 e. The second-order valence-electron chi connectivity index (χ2n) is 9.28. The lowest BCUT2D eigenvalue weighted by Gasteiger charge is -2.31. The number of piperidine rings is 1. The number of nitrogens with zero attached hydrogens (tertiary/aromatic N) is 6. The summed E-state index contributed by atoms with van der Waals surface area (Å²) in [6.07, 6.45) is 6.21. The molecule has 34 heavy (non-hydrogen) atoms. The molecule has 0 saturated carbocycles. The van der Waals surface area contributed by atoms with Crippen molar-refractivity contribution in [3.8, 4) is 11.4 Å². The standard InChI is InChI=1S/C25H31N7O2/c1-17(33)12-18-4-6-31(7-5-18)16-19-2-3-21-22(13-19)29-23(20-14-27-25(26)28-15-20)30-24(21)32-8-10-34-11-9-32/h2-3,13-15,18H,4-12,16H2,1H3,(H2,26,27,28). The van der Waals surface area contributed by atoms with Crippen molar-refractivity contribution in [2.75, 3.05) is 50.0 Å². The first-order valence-electron chi connectivity index (χ1n) is 12.0. The summed E-state index contributed by atoms with van der Waals surface area (Å²) in [6.45, 7) is 7.56. The Kier molecular flexibility index (Phi) is 6.64. The van der Waals surface area contributed by atoms with Gasteiger partial charge in [-0.05, 0) is 56.5 Å². The van der Waals surface area contributed by atoms with Gasteiger partial charge in [0.2, 0.25) is 5.95 Å². The second-order valence-corrected chi connectivity index (χ2v) is 9.28. The highest BCUT2D eigenvalue weighted by molar-refractivity contribution is 5.91. The molecule has 2 aliphatic heterocycles. The number of fused-ring (bicyclic) bond motifs is 1. The molecule has 5 rings (SSSR count). The van der Waals surface area contributed by atoms with Gasteiger partial charge in [0.15, 0.2) is 5.82 Å². The summed E-state index contributed by atoms with van der Waals surface area (Å²) in [7, 11) is 0. The lowest BCUT2D eigenvalue weighted by Crippen LogP contribution is -2.37. The van der Waals surface area contributed by atoms with Crippen LogP contribution in [0.5, 0.6) is 0 Å². The first kappa shape index (κ1) is 22.6. The number of carbonyl (C=O) groups excluding carboxylic acids is 1. The van der Waals surface area contributed by atoms with Crippen molar-refractivity contribution in [3.63, 3.8) is 0 Å². The maximum absolute atomic E-state index is 11.4. The number of nitrogen functional groups attached to an aromatic ring is 1. The third kappa shape index (κ3) is 5.15. The molecule has 3 aromatic rings. The van der Waals surface area contributed by atoms with Crippen LogP contribution in [-0.4, -0.2) is 70.0 Å². The second kappa shape index (κ2) is 9.99. The molecule has 4 heterocycles. The Bertz CT molecular complexity index is 1150. The molecule has 2 fully saturated rings. The zero-order valence-corrected chi connectivity index (χ0v) is 19.6. The summed E-state index contributed by atoms with van der Waals surface area (Å²) in [5.41, 5.74) is 8.55. The van der Waals surface area contributed by atoms with Gasteiger partial charge in [0.1, 0.15) is 11.6 Å². The van der Waals surface area contributed by atoms with Crippen LogP contribution < -0.4 is 10.6 Å². The van der Waals surface area contributed by atoms with E-state index in [0.29, 0.717) is 37.2 Å². The normalized spacial score (nSPS) is 17.9. The van der Waals surface area contributed by atoms with Crippen LogP contribution in [0.4, 0.5) is 11.8 Å². The molecular weight excluding hydrogens is 430 g/mol. The van der Waals surface area contributed by atoms with E-state index >= 15 is 0 Å². The molecule has 1 aromatic carbocycles. The number of anilines is 2. The monoisotopic (exact) mass is 461 g/mol. The van der Waals surface area contributed by atoms with E-state index in [0.717, 1.165) is 67.8 Å². The topological polar surface area (TPSA) is 110 Å². The molecule has 0 atom stereocenters. The number of Topliss-reactive ketones (excluding diaryl/α,β-unsaturated/α-hetero) is 1. The largest absolute Gasteiger partial charge is 0.378 e. The fourth-order valence-corrected chi connectivity index (χ4v) is 4.87. The first-order valence-corrected chi connectivity index (χ1v) is 12.0. The predicted molar refractivity (Wildman–Crippen MR) is 131 cm³/mol. The average molecular weight is 462 g/mol. The lowest BCUT2D eigenvalue weighted by molar-refractivity contribution is -0.118. The fraction of sp³-hybridized carbons (Fsp3) is 0.480. The number of morpholine rings is 1. The van der Waals surface area contributed by atoms with E-state index in [1.54, 1.807) is 19.3 Å². The number of benzene rings is 1. The third-order valence-corrected chi connectivity index (χ3v) is 6.67. The molecule has 2 N–H and O–H groups in total. The first-order chi connectivity index (χ1) is 16.5. The lowest BCUT2D eigenvalue weighted by atomic mass is 9.92. The number of carbonyl (C=O) groups is 1. The van der Waals surface area contributed by atoms with Crippen LogP contribution in [0, 0.1) is 5.92 Å². The zero-order chi connectivity index (χ0) is 23.5. The molecular formula is C25H31N7O2. The highest BCUT2D eigenvalue weighted by atomic mass is 16.5. The number of ketones is 1. The molecule has 0 spiro atoms. The Morgan fingerprint density at radius 1 is 1.09 bits per heavy atom. The van der Waals surface area contributed by atoms with Crippen molar-refractivity contribution >= 4 is 28.5 Å². The summed E-state index contributed by atoms with van der Waals surface area (Å²) >= 11 is 0. The van der Waals surface area contributed by atoms with Crippen molar-refractivity contribution in [1.29, 1.82) is 0 Å². The van der Waals surface area contributed by atoms with Crippen LogP contribution >= 0.6 is 0 Å². The minimum atomic E-state index is 0.229. The van der Waals surface area contributed by atoms with Gasteiger partial charge in [-0.25, -0.2) is 19.9 Å². The molecule has 0 radical (unpaired) electrons. The molecule has 0 bridgehead atoms. The van der Waals surface area contributed by atoms with Crippen molar-refractivity contribution in [3.05, 3.63) is 36.2 Å². The smallest absolute Gasteiger partial charge is 0.219 e. The number of likely N-dealkylation sites (tertiary alicyclic amines) is 1. The van der Waals surface area contributed by atoms with E-state index in [1.807, 2.05) is 0 Å². The van der Waals surface area contributed by atoms with Crippen LogP contribution in [0.3, 0.4) is 0 Å². The van der Waals surface area contributed by atoms with E-state index in [1.165, 1.54) is 5.56 Å². The van der Waals surface area contributed by atoms with Crippen LogP contribution in [0.1, 0.15) is 31.7 Å². The number of hydrogen-bond donors (Lipinski definition) is 1. The Hall–Kier alpha value is -3.17. The Morgan fingerprint density at radius 2 is 1.82 bits per heavy atom. The molecule has 2 aliphatic rings. The van der Waals surface area contributed by atoms with Gasteiger partial charge in [-0.3, -0.25) is 4.90 Å². The summed E-state index contributed by atoms with van der Waals surface area (Å²) in [6, 6.07) is 6.49. The van der Waals surface area contributed by atoms with Crippen LogP contribution in [0.15, 0.2) is 30.6 Å². The molecule has 178 valence electrons. The Balaban J connectivity index is 1.43. The van der Waals surface area contributed by atoms with Gasteiger partial charge in [-0.2, -0.15) is 0 Å². The molecule has 0 unspecified atom stereocenters. The summed E-state index contributed by atoms with van der Waals surface area (Å²) < 4.78 is 5.55. The van der Waals surface area contributed by atoms with E-state index in [-0.39, 0.29) is 5.95 Å². The highest BCUT2D eigenvalue weighted by Gasteiger charge is 2.22. The number of ether oxygens (including phenoxy) is 1. The van der Waals surface area contributed by atoms with Crippen LogP contribution in [0.2, 0.25) is 0 Å². The number of hydrogen-bond acceptors (Lipinski definition) is 9. The maximum atomic E-state index is 11.4. The minimum Gasteiger partial charge on any atom is -0.378 e. The van der Waals surface area contributed by atoms with Gasteiger partial charge in [0, 0.05) is 43.8 Å². The fourth-order valence-electron chi connectivity index (χ4n) is 4.87. The Labute approximate surface area is 199 Å². The van der Waals surface area contributed by atoms with E-state index in [2.05, 4.69) is 38.0 Å². The molecule has 0 aliphatic carbocycles. The molecule has 2 saturated heterocycles. The van der Waals surface area contributed by atoms with E-state index in [9.17, 15) is 4.79 Å². The minimum absolute atomic E-state index is 0.229. The van der Waals surface area contributed by atoms with Gasteiger partial charge < -0.3 is 20.2 Å². The number of nitrogens with two attached hydrogens (primary N) is 1. The van der Waals surface area contributed by atoms with E-state index in [4.69, 9.17) is 20.4 Å². The quantitative estimate of drug-likeness (QED) is 0.592. The molecule has 9 nitrogen and oxygen atoms in total. The SMILES string of the molecule is CC(=O)CC1CCN(Cc2ccc3c(N4CCOCC4)nc(-c4cnc(N)nc4)nc3c2)CC1. The third-order valence-electron chi connectivity index (χ3n) is 6.67. The summed E-state index contributed by atoms with van der Waals surface area (Å²) in [5.74, 6) is 2.56. The van der Waals surface area contributed by atoms with Gasteiger partial charge in [0.05, 0.1) is 24.3 Å². The predicted octanol–water partition coefficient (Wildman–Crippen LogP) is 2.70. The van der Waals surface area contributed by atoms with Crippen molar-refractivity contribution in [2.45, 2.75) is 32.7 Å². The molecule has 9 heteroatoms. The zero-order valence-electron chi connectivity index (χ0n) is 19.6. The average Bonchev–Trinajstić information content (AvgIpc) is 2.85. The van der Waals surface area contributed by atoms with Gasteiger partial charge in [-0.1, -0.05) is 6.07 Å². The van der Waals surface area contributed by atoms with Crippen LogP contribution in [-0.2, 0) is 16.1 Å². The molecule has 0 amide bonds. The summed E-state index contributed by atoms with van der Waals surface area (Å²) in [5, 5.41) is 1.03. The summed E-state index contributed by atoms with van der Waals surface area (Å²) in [4.78, 5) is 34.2. The van der Waals surface area contributed by atoms with Gasteiger partial charge in [-0.15, -0.1) is 0 Å². The van der Waals surface area contributed by atoms with Crippen molar-refractivity contribution in [1.82, 2.24) is 24.8 Å². The highest BCUT2D eigenvalue weighted by Crippen LogP contribution is 2.30. The van der Waals surface area contributed by atoms with E-state index < -0.39 is 0 Å². The van der Waals surface area contributed by atoms with Crippen molar-refractivity contribution < 1.29 is 9.53 Å². The number of rotatable bonds is 6. The Morgan fingerprint density at radius 3 is 2.53 bits per heavy atom. The van der Waals surface area contributed by atoms with Gasteiger partial charge >= 0.3 is 0 Å². The van der Waals surface area contributed by atoms with Gasteiger partial charge in [0.25, 0.3) is 0 Å².